The molecule has 3 rings (SSSR count). The van der Waals surface area contributed by atoms with E-state index < -0.39 is 5.82 Å². The summed E-state index contributed by atoms with van der Waals surface area (Å²) >= 11 is 12.1. The van der Waals surface area contributed by atoms with Gasteiger partial charge in [-0.3, -0.25) is 0 Å². The van der Waals surface area contributed by atoms with Gasteiger partial charge in [0.1, 0.15) is 11.6 Å². The first-order chi connectivity index (χ1) is 10.1. The molecule has 1 aliphatic rings. The van der Waals surface area contributed by atoms with Crippen LogP contribution in [0.3, 0.4) is 0 Å². The Morgan fingerprint density at radius 1 is 1.24 bits per heavy atom. The van der Waals surface area contributed by atoms with Crippen molar-refractivity contribution in [1.82, 2.24) is 5.32 Å². The van der Waals surface area contributed by atoms with Crippen LogP contribution in [0.25, 0.3) is 0 Å². The van der Waals surface area contributed by atoms with Crippen LogP contribution in [0.4, 0.5) is 4.39 Å². The summed E-state index contributed by atoms with van der Waals surface area (Å²) in [7, 11) is 1.84. The first kappa shape index (κ1) is 14.6. The molecule has 0 amide bonds. The van der Waals surface area contributed by atoms with Crippen LogP contribution in [0.2, 0.25) is 10.0 Å². The lowest BCUT2D eigenvalue weighted by Gasteiger charge is -2.20. The standard InChI is InChI=1S/C16H14Cl2FNO/c1-20-15(9-2-3-14(19)13(18)7-9)12-8-11(17)6-10-4-5-21-16(10)12/h2-3,6-8,15,20H,4-5H2,1H3. The minimum Gasteiger partial charge on any atom is -0.493 e. The van der Waals surface area contributed by atoms with Crippen molar-refractivity contribution in [2.45, 2.75) is 12.5 Å². The fraction of sp³-hybridized carbons (Fsp3) is 0.250. The third-order valence-electron chi connectivity index (χ3n) is 3.65. The van der Waals surface area contributed by atoms with Gasteiger partial charge in [0.2, 0.25) is 0 Å². The van der Waals surface area contributed by atoms with E-state index in [-0.39, 0.29) is 11.1 Å². The van der Waals surface area contributed by atoms with E-state index in [1.807, 2.05) is 19.2 Å². The van der Waals surface area contributed by atoms with Gasteiger partial charge in [-0.05, 0) is 42.4 Å². The van der Waals surface area contributed by atoms with Crippen molar-refractivity contribution in [1.29, 1.82) is 0 Å². The van der Waals surface area contributed by atoms with Crippen LogP contribution in [0.5, 0.6) is 5.75 Å². The van der Waals surface area contributed by atoms with E-state index in [1.165, 1.54) is 6.07 Å². The third kappa shape index (κ3) is 2.73. The molecule has 5 heteroatoms. The molecule has 0 bridgehead atoms. The predicted octanol–water partition coefficient (Wildman–Crippen LogP) is 4.38. The second kappa shape index (κ2) is 5.84. The Bertz CT molecular complexity index is 690. The summed E-state index contributed by atoms with van der Waals surface area (Å²) in [5, 5.41) is 3.99. The molecule has 1 heterocycles. The zero-order valence-electron chi connectivity index (χ0n) is 11.4. The Kier molecular flexibility index (Phi) is 4.07. The van der Waals surface area contributed by atoms with Crippen molar-refractivity contribution in [3.05, 3.63) is 62.9 Å². The molecule has 0 spiro atoms. The van der Waals surface area contributed by atoms with Crippen molar-refractivity contribution in [2.75, 3.05) is 13.7 Å². The van der Waals surface area contributed by atoms with Crippen molar-refractivity contribution in [3.63, 3.8) is 0 Å². The van der Waals surface area contributed by atoms with E-state index in [0.717, 1.165) is 28.9 Å². The number of rotatable bonds is 3. The van der Waals surface area contributed by atoms with Gasteiger partial charge in [0.15, 0.2) is 0 Å². The number of hydrogen-bond donors (Lipinski definition) is 1. The van der Waals surface area contributed by atoms with Gasteiger partial charge in [-0.25, -0.2) is 4.39 Å². The Morgan fingerprint density at radius 2 is 2.05 bits per heavy atom. The predicted molar refractivity (Wildman–Crippen MR) is 83.0 cm³/mol. The van der Waals surface area contributed by atoms with Crippen molar-refractivity contribution >= 4 is 23.2 Å². The molecular weight excluding hydrogens is 312 g/mol. The molecule has 0 saturated heterocycles. The molecule has 1 N–H and O–H groups in total. The first-order valence-corrected chi connectivity index (χ1v) is 7.43. The van der Waals surface area contributed by atoms with Crippen LogP contribution in [0, 0.1) is 5.82 Å². The second-order valence-electron chi connectivity index (χ2n) is 4.98. The van der Waals surface area contributed by atoms with Crippen LogP contribution in [-0.4, -0.2) is 13.7 Å². The molecule has 2 aromatic carbocycles. The van der Waals surface area contributed by atoms with Gasteiger partial charge in [-0.1, -0.05) is 29.3 Å². The van der Waals surface area contributed by atoms with Gasteiger partial charge in [-0.2, -0.15) is 0 Å². The van der Waals surface area contributed by atoms with Gasteiger partial charge in [0.05, 0.1) is 17.7 Å². The zero-order valence-corrected chi connectivity index (χ0v) is 12.9. The molecule has 2 aromatic rings. The number of ether oxygens (including phenoxy) is 1. The van der Waals surface area contributed by atoms with Crippen LogP contribution in [0.1, 0.15) is 22.7 Å². The molecule has 0 radical (unpaired) electrons. The van der Waals surface area contributed by atoms with E-state index in [2.05, 4.69) is 5.32 Å². The molecule has 2 nitrogen and oxygen atoms in total. The molecule has 1 atom stereocenters. The molecule has 0 saturated carbocycles. The van der Waals surface area contributed by atoms with E-state index in [9.17, 15) is 4.39 Å². The number of hydrogen-bond acceptors (Lipinski definition) is 2. The molecule has 21 heavy (non-hydrogen) atoms. The van der Waals surface area contributed by atoms with Crippen molar-refractivity contribution in [3.8, 4) is 5.75 Å². The van der Waals surface area contributed by atoms with E-state index >= 15 is 0 Å². The van der Waals surface area contributed by atoms with Gasteiger partial charge in [-0.15, -0.1) is 0 Å². The maximum atomic E-state index is 13.4. The minimum atomic E-state index is -0.428. The average molecular weight is 326 g/mol. The summed E-state index contributed by atoms with van der Waals surface area (Å²) in [6.07, 6.45) is 0.851. The lowest BCUT2D eigenvalue weighted by Crippen LogP contribution is -2.18. The highest BCUT2D eigenvalue weighted by molar-refractivity contribution is 6.31. The zero-order chi connectivity index (χ0) is 15.0. The third-order valence-corrected chi connectivity index (χ3v) is 4.16. The fourth-order valence-corrected chi connectivity index (χ4v) is 3.14. The van der Waals surface area contributed by atoms with E-state index in [0.29, 0.717) is 11.6 Å². The van der Waals surface area contributed by atoms with Gasteiger partial charge in [0, 0.05) is 17.0 Å². The number of fused-ring (bicyclic) bond motifs is 1. The molecule has 1 unspecified atom stereocenters. The summed E-state index contributed by atoms with van der Waals surface area (Å²) in [4.78, 5) is 0. The van der Waals surface area contributed by atoms with Crippen LogP contribution in [0.15, 0.2) is 30.3 Å². The molecular formula is C16H14Cl2FNO. The van der Waals surface area contributed by atoms with Crippen LogP contribution >= 0.6 is 23.2 Å². The molecule has 0 aromatic heterocycles. The maximum Gasteiger partial charge on any atom is 0.141 e. The lowest BCUT2D eigenvalue weighted by atomic mass is 9.96. The molecule has 0 fully saturated rings. The lowest BCUT2D eigenvalue weighted by molar-refractivity contribution is 0.351. The first-order valence-electron chi connectivity index (χ1n) is 6.67. The van der Waals surface area contributed by atoms with Gasteiger partial charge >= 0.3 is 0 Å². The average Bonchev–Trinajstić information content (AvgIpc) is 2.91. The van der Waals surface area contributed by atoms with Crippen LogP contribution in [-0.2, 0) is 6.42 Å². The topological polar surface area (TPSA) is 21.3 Å². The highest BCUT2D eigenvalue weighted by atomic mass is 35.5. The maximum absolute atomic E-state index is 13.4. The van der Waals surface area contributed by atoms with Gasteiger partial charge in [0.25, 0.3) is 0 Å². The number of nitrogens with one attached hydrogen (secondary N) is 1. The summed E-state index contributed by atoms with van der Waals surface area (Å²) in [5.74, 6) is 0.432. The largest absolute Gasteiger partial charge is 0.493 e. The highest BCUT2D eigenvalue weighted by Crippen LogP contribution is 2.39. The Labute approximate surface area is 132 Å². The van der Waals surface area contributed by atoms with Crippen molar-refractivity contribution in [2.24, 2.45) is 0 Å². The smallest absolute Gasteiger partial charge is 0.141 e. The summed E-state index contributed by atoms with van der Waals surface area (Å²) in [6, 6.07) is 8.36. The van der Waals surface area contributed by atoms with Crippen LogP contribution < -0.4 is 10.1 Å². The summed E-state index contributed by atoms with van der Waals surface area (Å²) in [6.45, 7) is 0.656. The highest BCUT2D eigenvalue weighted by Gasteiger charge is 2.24. The number of benzene rings is 2. The Hall–Kier alpha value is -1.29. The molecule has 1 aliphatic heterocycles. The Morgan fingerprint density at radius 3 is 2.76 bits per heavy atom. The molecule has 0 aliphatic carbocycles. The summed E-state index contributed by atoms with van der Waals surface area (Å²) in [5.41, 5.74) is 2.91. The SMILES string of the molecule is CNC(c1ccc(F)c(Cl)c1)c1cc(Cl)cc2c1OCC2. The summed E-state index contributed by atoms with van der Waals surface area (Å²) < 4.78 is 19.1. The van der Waals surface area contributed by atoms with E-state index in [4.69, 9.17) is 27.9 Å². The van der Waals surface area contributed by atoms with E-state index in [1.54, 1.807) is 12.1 Å². The number of halogens is 3. The Balaban J connectivity index is 2.10. The van der Waals surface area contributed by atoms with Gasteiger partial charge < -0.3 is 10.1 Å². The van der Waals surface area contributed by atoms with Crippen molar-refractivity contribution < 1.29 is 9.13 Å². The quantitative estimate of drug-likeness (QED) is 0.904. The normalized spacial score (nSPS) is 14.7. The fourth-order valence-electron chi connectivity index (χ4n) is 2.71. The molecule has 110 valence electrons. The second-order valence-corrected chi connectivity index (χ2v) is 5.82. The minimum absolute atomic E-state index is 0.104. The monoisotopic (exact) mass is 325 g/mol.